The smallest absolute Gasteiger partial charge is 0.335 e. The van der Waals surface area contributed by atoms with Crippen molar-refractivity contribution in [2.24, 2.45) is 4.99 Å². The number of methoxy groups -OCH3 is 1. The molecule has 0 aromatic heterocycles. The van der Waals surface area contributed by atoms with Crippen LogP contribution < -0.4 is 0 Å². The van der Waals surface area contributed by atoms with Gasteiger partial charge < -0.3 is 9.47 Å². The summed E-state index contributed by atoms with van der Waals surface area (Å²) in [6, 6.07) is 5.16. The van der Waals surface area contributed by atoms with Gasteiger partial charge in [0.2, 0.25) is 0 Å². The van der Waals surface area contributed by atoms with Crippen LogP contribution in [0.5, 0.6) is 0 Å². The molecule has 2 atom stereocenters. The average Bonchev–Trinajstić information content (AvgIpc) is 2.86. The first-order chi connectivity index (χ1) is 8.65. The molecule has 0 saturated heterocycles. The molecule has 1 aliphatic rings. The second-order valence-electron chi connectivity index (χ2n) is 3.60. The minimum absolute atomic E-state index is 0.109. The summed E-state index contributed by atoms with van der Waals surface area (Å²) >= 11 is 0. The Morgan fingerprint density at radius 3 is 2.89 bits per heavy atom. The van der Waals surface area contributed by atoms with Gasteiger partial charge in [-0.1, -0.05) is 12.1 Å². The van der Waals surface area contributed by atoms with Crippen LogP contribution in [0.1, 0.15) is 11.7 Å². The fourth-order valence-corrected chi connectivity index (χ4v) is 1.76. The number of ether oxygens (including phenoxy) is 2. The van der Waals surface area contributed by atoms with Crippen LogP contribution in [0.4, 0.5) is 5.69 Å². The van der Waals surface area contributed by atoms with Gasteiger partial charge in [0.1, 0.15) is 0 Å². The molecule has 1 aromatic rings. The van der Waals surface area contributed by atoms with Crippen molar-refractivity contribution in [3.05, 3.63) is 39.9 Å². The number of hydrogen-bond donors (Lipinski definition) is 0. The molecule has 0 aliphatic carbocycles. The van der Waals surface area contributed by atoms with Crippen LogP contribution in [-0.4, -0.2) is 30.4 Å². The van der Waals surface area contributed by atoms with Crippen molar-refractivity contribution in [2.75, 3.05) is 7.11 Å². The van der Waals surface area contributed by atoms with E-state index in [0.29, 0.717) is 5.56 Å². The van der Waals surface area contributed by atoms with Crippen LogP contribution in [-0.2, 0) is 14.3 Å². The quantitative estimate of drug-likeness (QED) is 0.457. The van der Waals surface area contributed by atoms with Gasteiger partial charge in [-0.15, -0.1) is 0 Å². The Balaban J connectivity index is 2.37. The van der Waals surface area contributed by atoms with Crippen LogP contribution in [0.3, 0.4) is 0 Å². The maximum Gasteiger partial charge on any atom is 0.335 e. The van der Waals surface area contributed by atoms with E-state index in [1.54, 1.807) is 12.1 Å². The molecule has 0 N–H and O–H groups in total. The highest BCUT2D eigenvalue weighted by Crippen LogP contribution is 2.33. The maximum atomic E-state index is 11.5. The van der Waals surface area contributed by atoms with E-state index in [4.69, 9.17) is 4.74 Å². The number of hydrogen-bond acceptors (Lipinski definition) is 6. The van der Waals surface area contributed by atoms with Crippen molar-refractivity contribution < 1.29 is 19.2 Å². The van der Waals surface area contributed by atoms with Gasteiger partial charge in [-0.3, -0.25) is 10.1 Å². The molecule has 0 radical (unpaired) electrons. The highest BCUT2D eigenvalue weighted by Gasteiger charge is 2.38. The summed E-state index contributed by atoms with van der Waals surface area (Å²) in [6.07, 6.45) is 0.294. The molecule has 7 nitrogen and oxygen atoms in total. The zero-order valence-corrected chi connectivity index (χ0v) is 9.48. The predicted octanol–water partition coefficient (Wildman–Crippen LogP) is 1.24. The summed E-state index contributed by atoms with van der Waals surface area (Å²) in [4.78, 5) is 25.7. The van der Waals surface area contributed by atoms with Crippen molar-refractivity contribution in [1.82, 2.24) is 0 Å². The predicted molar refractivity (Wildman–Crippen MR) is 61.2 cm³/mol. The number of nitrogens with zero attached hydrogens (tertiary/aromatic N) is 2. The minimum atomic E-state index is -0.906. The van der Waals surface area contributed by atoms with E-state index in [0.717, 1.165) is 6.40 Å². The number of nitro groups is 1. The zero-order valence-electron chi connectivity index (χ0n) is 9.48. The Kier molecular flexibility index (Phi) is 3.22. The monoisotopic (exact) mass is 250 g/mol. The van der Waals surface area contributed by atoms with Gasteiger partial charge in [-0.25, -0.2) is 9.79 Å². The van der Waals surface area contributed by atoms with Gasteiger partial charge in [0.25, 0.3) is 5.69 Å². The lowest BCUT2D eigenvalue weighted by Gasteiger charge is -2.15. The summed E-state index contributed by atoms with van der Waals surface area (Å²) < 4.78 is 9.75. The summed E-state index contributed by atoms with van der Waals surface area (Å²) in [7, 11) is 1.23. The number of carbonyl (C=O) groups is 1. The van der Waals surface area contributed by atoms with Crippen LogP contribution >= 0.6 is 0 Å². The van der Waals surface area contributed by atoms with Gasteiger partial charge in [0.05, 0.1) is 17.6 Å². The molecule has 7 heteroatoms. The van der Waals surface area contributed by atoms with E-state index in [-0.39, 0.29) is 5.69 Å². The summed E-state index contributed by atoms with van der Waals surface area (Å²) in [5.74, 6) is -0.591. The van der Waals surface area contributed by atoms with Gasteiger partial charge in [0.15, 0.2) is 18.5 Å². The molecule has 1 heterocycles. The second kappa shape index (κ2) is 4.82. The van der Waals surface area contributed by atoms with E-state index in [9.17, 15) is 14.9 Å². The second-order valence-corrected chi connectivity index (χ2v) is 3.60. The van der Waals surface area contributed by atoms with Crippen molar-refractivity contribution in [1.29, 1.82) is 0 Å². The molecule has 0 fully saturated rings. The molecule has 0 saturated carbocycles. The maximum absolute atomic E-state index is 11.5. The average molecular weight is 250 g/mol. The fraction of sp³-hybridized carbons (Fsp3) is 0.273. The third kappa shape index (κ3) is 2.02. The Hall–Kier alpha value is -2.44. The third-order valence-electron chi connectivity index (χ3n) is 2.60. The first kappa shape index (κ1) is 12.0. The van der Waals surface area contributed by atoms with Gasteiger partial charge in [-0.05, 0) is 6.07 Å². The molecule has 1 aliphatic heterocycles. The van der Waals surface area contributed by atoms with Crippen LogP contribution in [0.15, 0.2) is 29.3 Å². The zero-order chi connectivity index (χ0) is 13.1. The Morgan fingerprint density at radius 2 is 2.22 bits per heavy atom. The largest absolute Gasteiger partial charge is 0.472 e. The number of esters is 1. The van der Waals surface area contributed by atoms with E-state index in [2.05, 4.69) is 9.73 Å². The van der Waals surface area contributed by atoms with Gasteiger partial charge in [0, 0.05) is 6.07 Å². The lowest BCUT2D eigenvalue weighted by molar-refractivity contribution is -0.386. The number of nitro benzene ring substituents is 1. The lowest BCUT2D eigenvalue weighted by Crippen LogP contribution is -2.25. The number of rotatable bonds is 3. The van der Waals surface area contributed by atoms with E-state index >= 15 is 0 Å². The first-order valence-corrected chi connectivity index (χ1v) is 5.13. The molecule has 0 unspecified atom stereocenters. The van der Waals surface area contributed by atoms with Crippen molar-refractivity contribution in [3.8, 4) is 0 Å². The number of carbonyl (C=O) groups excluding carboxylic acids is 1. The molecule has 18 heavy (non-hydrogen) atoms. The normalized spacial score (nSPS) is 21.4. The highest BCUT2D eigenvalue weighted by atomic mass is 16.6. The van der Waals surface area contributed by atoms with Crippen molar-refractivity contribution >= 4 is 18.1 Å². The molecular weight excluding hydrogens is 240 g/mol. The molecule has 94 valence electrons. The minimum Gasteiger partial charge on any atom is -0.472 e. The standard InChI is InChI=1S/C11H10N2O5/c1-17-11(14)9-10(18-6-12-9)7-4-2-3-5-8(7)13(15)16/h2-6,9-10H,1H3/t9-,10+/m1/s1. The summed E-state index contributed by atoms with van der Waals surface area (Å²) in [6.45, 7) is 0. The summed E-state index contributed by atoms with van der Waals surface area (Å²) in [5.41, 5.74) is 0.192. The van der Waals surface area contributed by atoms with Crippen molar-refractivity contribution in [2.45, 2.75) is 12.1 Å². The van der Waals surface area contributed by atoms with Gasteiger partial charge >= 0.3 is 5.97 Å². The fourth-order valence-electron chi connectivity index (χ4n) is 1.76. The SMILES string of the molecule is COC(=O)[C@@H]1N=CO[C@H]1c1ccccc1[N+](=O)[O-]. The summed E-state index contributed by atoms with van der Waals surface area (Å²) in [5, 5.41) is 10.9. The molecule has 0 bridgehead atoms. The molecular formula is C11H10N2O5. The Bertz CT molecular complexity index is 514. The van der Waals surface area contributed by atoms with E-state index < -0.39 is 23.0 Å². The molecule has 0 spiro atoms. The van der Waals surface area contributed by atoms with Gasteiger partial charge in [-0.2, -0.15) is 0 Å². The van der Waals surface area contributed by atoms with E-state index in [1.165, 1.54) is 19.2 Å². The lowest BCUT2D eigenvalue weighted by atomic mass is 10.0. The highest BCUT2D eigenvalue weighted by molar-refractivity contribution is 5.80. The Labute approximate surface area is 102 Å². The van der Waals surface area contributed by atoms with Crippen molar-refractivity contribution in [3.63, 3.8) is 0 Å². The first-order valence-electron chi connectivity index (χ1n) is 5.13. The molecule has 2 rings (SSSR count). The Morgan fingerprint density at radius 1 is 1.50 bits per heavy atom. The molecule has 0 amide bonds. The number of benzene rings is 1. The number of para-hydroxylation sites is 1. The van der Waals surface area contributed by atoms with Crippen LogP contribution in [0, 0.1) is 10.1 Å². The van der Waals surface area contributed by atoms with Crippen LogP contribution in [0.2, 0.25) is 0 Å². The van der Waals surface area contributed by atoms with E-state index in [1.807, 2.05) is 0 Å². The third-order valence-corrected chi connectivity index (χ3v) is 2.60. The number of aliphatic imine (C=N–C) groups is 1. The molecule has 1 aromatic carbocycles. The van der Waals surface area contributed by atoms with Crippen LogP contribution in [0.25, 0.3) is 0 Å². The topological polar surface area (TPSA) is 91.0 Å².